The molecule has 88 valence electrons. The van der Waals surface area contributed by atoms with Crippen molar-refractivity contribution in [1.29, 1.82) is 0 Å². The zero-order chi connectivity index (χ0) is 10.9. The Kier molecular flexibility index (Phi) is 3.09. The van der Waals surface area contributed by atoms with Crippen molar-refractivity contribution >= 4 is 0 Å². The molecule has 2 fully saturated rings. The average Bonchev–Trinajstić information content (AvgIpc) is 2.99. The number of hydrogen-bond acceptors (Lipinski definition) is 2. The monoisotopic (exact) mass is 210 g/mol. The molecule has 2 nitrogen and oxygen atoms in total. The molecule has 0 spiro atoms. The highest BCUT2D eigenvalue weighted by atomic mass is 15.1. The Labute approximate surface area is 94.0 Å². The smallest absolute Gasteiger partial charge is 0.0331 e. The van der Waals surface area contributed by atoms with E-state index in [-0.39, 0.29) is 5.54 Å². The maximum absolute atomic E-state index is 5.99. The van der Waals surface area contributed by atoms with E-state index in [1.165, 1.54) is 44.9 Å². The van der Waals surface area contributed by atoms with E-state index in [1.807, 2.05) is 0 Å². The van der Waals surface area contributed by atoms with E-state index in [0.717, 1.165) is 12.6 Å². The summed E-state index contributed by atoms with van der Waals surface area (Å²) in [5.41, 5.74) is 6.63. The highest BCUT2D eigenvalue weighted by molar-refractivity contribution is 5.09. The van der Waals surface area contributed by atoms with E-state index in [1.54, 1.807) is 0 Å². The van der Waals surface area contributed by atoms with Gasteiger partial charge in [-0.25, -0.2) is 0 Å². The summed E-state index contributed by atoms with van der Waals surface area (Å²) in [6.45, 7) is 5.49. The predicted molar refractivity (Wildman–Crippen MR) is 64.8 cm³/mol. The lowest BCUT2D eigenvalue weighted by molar-refractivity contribution is 0.186. The lowest BCUT2D eigenvalue weighted by Crippen LogP contribution is -2.58. The fourth-order valence-corrected chi connectivity index (χ4v) is 2.92. The molecular formula is C13H26N2. The van der Waals surface area contributed by atoms with Crippen LogP contribution in [0.3, 0.4) is 0 Å². The standard InChI is InChI=1S/C13H26N2/c1-12(8-9-12)13(2,10-14)15-11-6-4-3-5-7-11/h11,15H,3-10,14H2,1-2H3. The van der Waals surface area contributed by atoms with E-state index in [2.05, 4.69) is 19.2 Å². The summed E-state index contributed by atoms with van der Waals surface area (Å²) in [7, 11) is 0. The molecule has 2 saturated carbocycles. The normalized spacial score (nSPS) is 29.8. The van der Waals surface area contributed by atoms with Crippen LogP contribution < -0.4 is 11.1 Å². The minimum Gasteiger partial charge on any atom is -0.329 e. The molecular weight excluding hydrogens is 184 g/mol. The summed E-state index contributed by atoms with van der Waals surface area (Å²) in [4.78, 5) is 0. The topological polar surface area (TPSA) is 38.0 Å². The van der Waals surface area contributed by atoms with Gasteiger partial charge in [0, 0.05) is 18.1 Å². The zero-order valence-corrected chi connectivity index (χ0v) is 10.3. The van der Waals surface area contributed by atoms with E-state index in [4.69, 9.17) is 5.73 Å². The first kappa shape index (κ1) is 11.4. The number of rotatable bonds is 4. The predicted octanol–water partition coefficient (Wildman–Crippen LogP) is 2.43. The van der Waals surface area contributed by atoms with Gasteiger partial charge in [-0.15, -0.1) is 0 Å². The first-order valence-corrected chi connectivity index (χ1v) is 6.57. The molecule has 1 unspecified atom stereocenters. The summed E-state index contributed by atoms with van der Waals surface area (Å²) >= 11 is 0. The Morgan fingerprint density at radius 2 is 1.87 bits per heavy atom. The molecule has 15 heavy (non-hydrogen) atoms. The molecule has 0 aromatic carbocycles. The van der Waals surface area contributed by atoms with Crippen LogP contribution in [0.4, 0.5) is 0 Å². The van der Waals surface area contributed by atoms with Crippen molar-refractivity contribution < 1.29 is 0 Å². The van der Waals surface area contributed by atoms with Crippen molar-refractivity contribution in [2.75, 3.05) is 6.54 Å². The van der Waals surface area contributed by atoms with Crippen LogP contribution in [0, 0.1) is 5.41 Å². The number of nitrogens with two attached hydrogens (primary N) is 1. The number of nitrogens with one attached hydrogen (secondary N) is 1. The second-order valence-corrected chi connectivity index (χ2v) is 6.08. The molecule has 3 N–H and O–H groups in total. The van der Waals surface area contributed by atoms with E-state index < -0.39 is 0 Å². The molecule has 0 aromatic heterocycles. The van der Waals surface area contributed by atoms with Crippen LogP contribution in [0.25, 0.3) is 0 Å². The van der Waals surface area contributed by atoms with Crippen molar-refractivity contribution in [1.82, 2.24) is 5.32 Å². The van der Waals surface area contributed by atoms with Crippen LogP contribution in [-0.2, 0) is 0 Å². The molecule has 2 heteroatoms. The Morgan fingerprint density at radius 3 is 2.33 bits per heavy atom. The minimum absolute atomic E-state index is 0.176. The molecule has 2 rings (SSSR count). The highest BCUT2D eigenvalue weighted by Gasteiger charge is 2.52. The van der Waals surface area contributed by atoms with Crippen LogP contribution in [0.15, 0.2) is 0 Å². The molecule has 1 atom stereocenters. The van der Waals surface area contributed by atoms with Crippen LogP contribution in [0.2, 0.25) is 0 Å². The van der Waals surface area contributed by atoms with E-state index in [9.17, 15) is 0 Å². The van der Waals surface area contributed by atoms with Crippen molar-refractivity contribution in [3.8, 4) is 0 Å². The third kappa shape index (κ3) is 2.21. The molecule has 0 radical (unpaired) electrons. The second kappa shape index (κ2) is 4.06. The minimum atomic E-state index is 0.176. The Bertz CT molecular complexity index is 217. The summed E-state index contributed by atoms with van der Waals surface area (Å²) in [6.07, 6.45) is 9.62. The van der Waals surface area contributed by atoms with Gasteiger partial charge in [0.05, 0.1) is 0 Å². The van der Waals surface area contributed by atoms with Gasteiger partial charge in [0.25, 0.3) is 0 Å². The van der Waals surface area contributed by atoms with Crippen molar-refractivity contribution in [3.05, 3.63) is 0 Å². The largest absolute Gasteiger partial charge is 0.329 e. The lowest BCUT2D eigenvalue weighted by Gasteiger charge is -2.41. The molecule has 2 aliphatic rings. The van der Waals surface area contributed by atoms with E-state index >= 15 is 0 Å². The fraction of sp³-hybridized carbons (Fsp3) is 1.00. The van der Waals surface area contributed by atoms with Gasteiger partial charge in [-0.1, -0.05) is 26.2 Å². The zero-order valence-electron chi connectivity index (χ0n) is 10.3. The van der Waals surface area contributed by atoms with Crippen molar-refractivity contribution in [2.24, 2.45) is 11.1 Å². The molecule has 0 aliphatic heterocycles. The molecule has 0 heterocycles. The van der Waals surface area contributed by atoms with E-state index in [0.29, 0.717) is 5.41 Å². The molecule has 2 aliphatic carbocycles. The lowest BCUT2D eigenvalue weighted by atomic mass is 9.81. The van der Waals surface area contributed by atoms with Gasteiger partial charge in [-0.3, -0.25) is 0 Å². The van der Waals surface area contributed by atoms with Gasteiger partial charge in [-0.05, 0) is 38.0 Å². The first-order valence-electron chi connectivity index (χ1n) is 6.57. The van der Waals surface area contributed by atoms with Gasteiger partial charge < -0.3 is 11.1 Å². The van der Waals surface area contributed by atoms with Gasteiger partial charge in [0.2, 0.25) is 0 Å². The maximum Gasteiger partial charge on any atom is 0.0331 e. The third-order valence-electron chi connectivity index (χ3n) is 4.87. The summed E-state index contributed by atoms with van der Waals surface area (Å²) in [5, 5.41) is 3.86. The maximum atomic E-state index is 5.99. The quantitative estimate of drug-likeness (QED) is 0.748. The van der Waals surface area contributed by atoms with Crippen LogP contribution in [-0.4, -0.2) is 18.1 Å². The highest BCUT2D eigenvalue weighted by Crippen LogP contribution is 2.53. The average molecular weight is 210 g/mol. The summed E-state index contributed by atoms with van der Waals surface area (Å²) < 4.78 is 0. The SMILES string of the molecule is CC1(C(C)(CN)NC2CCCCC2)CC1. The summed E-state index contributed by atoms with van der Waals surface area (Å²) in [6, 6.07) is 0.727. The third-order valence-corrected chi connectivity index (χ3v) is 4.87. The summed E-state index contributed by atoms with van der Waals surface area (Å²) in [5.74, 6) is 0. The first-order chi connectivity index (χ1) is 7.10. The molecule has 0 saturated heterocycles. The Hall–Kier alpha value is -0.0800. The molecule has 0 aromatic rings. The van der Waals surface area contributed by atoms with Gasteiger partial charge in [0.1, 0.15) is 0 Å². The van der Waals surface area contributed by atoms with Crippen molar-refractivity contribution in [2.45, 2.75) is 70.4 Å². The fourth-order valence-electron chi connectivity index (χ4n) is 2.92. The molecule has 0 bridgehead atoms. The van der Waals surface area contributed by atoms with Gasteiger partial charge in [0.15, 0.2) is 0 Å². The van der Waals surface area contributed by atoms with Crippen LogP contribution in [0.1, 0.15) is 58.8 Å². The van der Waals surface area contributed by atoms with Crippen LogP contribution in [0.5, 0.6) is 0 Å². The second-order valence-electron chi connectivity index (χ2n) is 6.08. The molecule has 0 amide bonds. The Morgan fingerprint density at radius 1 is 1.27 bits per heavy atom. The number of hydrogen-bond donors (Lipinski definition) is 2. The Balaban J connectivity index is 1.94. The van der Waals surface area contributed by atoms with Crippen LogP contribution >= 0.6 is 0 Å². The van der Waals surface area contributed by atoms with Gasteiger partial charge in [-0.2, -0.15) is 0 Å². The van der Waals surface area contributed by atoms with Gasteiger partial charge >= 0.3 is 0 Å². The van der Waals surface area contributed by atoms with Crippen molar-refractivity contribution in [3.63, 3.8) is 0 Å².